The first-order valence-corrected chi connectivity index (χ1v) is 6.73. The van der Waals surface area contributed by atoms with E-state index in [9.17, 15) is 0 Å². The summed E-state index contributed by atoms with van der Waals surface area (Å²) in [7, 11) is 0. The predicted molar refractivity (Wildman–Crippen MR) is 73.4 cm³/mol. The first kappa shape index (κ1) is 14.1. The van der Waals surface area contributed by atoms with Crippen LogP contribution in [0, 0.1) is 12.3 Å². The lowest BCUT2D eigenvalue weighted by Crippen LogP contribution is -2.13. The molecule has 1 aliphatic rings. The van der Waals surface area contributed by atoms with Gasteiger partial charge in [0.05, 0.1) is 19.8 Å². The maximum absolute atomic E-state index is 5.72. The topological polar surface area (TPSA) is 27.7 Å². The fraction of sp³-hybridized carbons (Fsp3) is 0.500. The van der Waals surface area contributed by atoms with Crippen LogP contribution in [-0.2, 0) is 20.8 Å². The van der Waals surface area contributed by atoms with E-state index in [0.717, 1.165) is 24.8 Å². The number of hydrogen-bond donors (Lipinski definition) is 0. The van der Waals surface area contributed by atoms with Crippen LogP contribution in [0.4, 0.5) is 0 Å². The van der Waals surface area contributed by atoms with Crippen LogP contribution in [0.2, 0.25) is 0 Å². The Kier molecular flexibility index (Phi) is 5.90. The van der Waals surface area contributed by atoms with Crippen molar-refractivity contribution in [2.75, 3.05) is 13.2 Å². The van der Waals surface area contributed by atoms with E-state index in [2.05, 4.69) is 5.92 Å². The van der Waals surface area contributed by atoms with E-state index < -0.39 is 0 Å². The number of terminal acetylenes is 1. The molecule has 1 saturated heterocycles. The molecule has 2 rings (SSSR count). The highest BCUT2D eigenvalue weighted by atomic mass is 16.7. The molecule has 102 valence electrons. The quantitative estimate of drug-likeness (QED) is 0.706. The molecule has 1 aromatic rings. The summed E-state index contributed by atoms with van der Waals surface area (Å²) in [5.41, 5.74) is 1.14. The molecule has 3 nitrogen and oxygen atoms in total. The predicted octanol–water partition coefficient (Wildman–Crippen LogP) is 2.75. The molecular formula is C16H20O3. The fourth-order valence-electron chi connectivity index (χ4n) is 2.03. The Bertz CT molecular complexity index is 390. The first-order valence-electron chi connectivity index (χ1n) is 6.73. The second-order valence-electron chi connectivity index (χ2n) is 4.55. The van der Waals surface area contributed by atoms with Gasteiger partial charge in [-0.25, -0.2) is 0 Å². The van der Waals surface area contributed by atoms with Crippen molar-refractivity contribution in [1.82, 2.24) is 0 Å². The van der Waals surface area contributed by atoms with Gasteiger partial charge in [0.2, 0.25) is 0 Å². The largest absolute Gasteiger partial charge is 0.361 e. The van der Waals surface area contributed by atoms with Crippen molar-refractivity contribution < 1.29 is 14.2 Å². The van der Waals surface area contributed by atoms with Crippen LogP contribution in [0.1, 0.15) is 24.8 Å². The van der Waals surface area contributed by atoms with Crippen molar-refractivity contribution in [3.63, 3.8) is 0 Å². The van der Waals surface area contributed by atoms with E-state index in [0.29, 0.717) is 19.8 Å². The third kappa shape index (κ3) is 5.04. The molecule has 1 fully saturated rings. The molecule has 0 amide bonds. The molecule has 0 aliphatic carbocycles. The van der Waals surface area contributed by atoms with Gasteiger partial charge in [-0.1, -0.05) is 36.3 Å². The number of hydrogen-bond acceptors (Lipinski definition) is 3. The highest BCUT2D eigenvalue weighted by Gasteiger charge is 2.16. The zero-order valence-electron chi connectivity index (χ0n) is 11.1. The molecule has 0 spiro atoms. The molecule has 0 bridgehead atoms. The molecule has 0 N–H and O–H groups in total. The molecule has 1 heterocycles. The zero-order valence-corrected chi connectivity index (χ0v) is 11.1. The minimum Gasteiger partial charge on any atom is -0.361 e. The van der Waals surface area contributed by atoms with Crippen LogP contribution in [0.15, 0.2) is 30.3 Å². The molecule has 1 aliphatic heterocycles. The number of rotatable bonds is 7. The summed E-state index contributed by atoms with van der Waals surface area (Å²) in [6, 6.07) is 10.1. The maximum Gasteiger partial charge on any atom is 0.157 e. The van der Waals surface area contributed by atoms with Gasteiger partial charge >= 0.3 is 0 Å². The summed E-state index contributed by atoms with van der Waals surface area (Å²) in [4.78, 5) is 0. The second-order valence-corrected chi connectivity index (χ2v) is 4.55. The second kappa shape index (κ2) is 7.96. The van der Waals surface area contributed by atoms with E-state index in [1.807, 2.05) is 30.3 Å². The Morgan fingerprint density at radius 3 is 2.68 bits per heavy atom. The van der Waals surface area contributed by atoms with Crippen molar-refractivity contribution in [2.24, 2.45) is 0 Å². The van der Waals surface area contributed by atoms with Crippen molar-refractivity contribution in [3.8, 4) is 12.3 Å². The molecule has 1 unspecified atom stereocenters. The van der Waals surface area contributed by atoms with Crippen LogP contribution in [0.3, 0.4) is 0 Å². The van der Waals surface area contributed by atoms with Gasteiger partial charge < -0.3 is 14.2 Å². The normalized spacial score (nSPS) is 17.2. The van der Waals surface area contributed by atoms with Gasteiger partial charge in [0, 0.05) is 0 Å². The maximum atomic E-state index is 5.72. The van der Waals surface area contributed by atoms with Crippen molar-refractivity contribution >= 4 is 0 Å². The summed E-state index contributed by atoms with van der Waals surface area (Å²) >= 11 is 0. The van der Waals surface area contributed by atoms with Crippen LogP contribution < -0.4 is 0 Å². The summed E-state index contributed by atoms with van der Waals surface area (Å²) in [6.07, 6.45) is 7.98. The molecular weight excluding hydrogens is 240 g/mol. The lowest BCUT2D eigenvalue weighted by Gasteiger charge is -2.13. The van der Waals surface area contributed by atoms with Gasteiger partial charge in [-0.15, -0.1) is 6.42 Å². The van der Waals surface area contributed by atoms with Gasteiger partial charge in [-0.3, -0.25) is 0 Å². The highest BCUT2D eigenvalue weighted by molar-refractivity contribution is 5.13. The van der Waals surface area contributed by atoms with Crippen LogP contribution in [-0.4, -0.2) is 25.6 Å². The van der Waals surface area contributed by atoms with Gasteiger partial charge in [0.15, 0.2) is 6.29 Å². The SMILES string of the molecule is C#CC(CCCC1OCCO1)OCc1ccccc1. The zero-order chi connectivity index (χ0) is 13.3. The van der Waals surface area contributed by atoms with Crippen molar-refractivity contribution in [1.29, 1.82) is 0 Å². The van der Waals surface area contributed by atoms with Crippen molar-refractivity contribution in [3.05, 3.63) is 35.9 Å². The average molecular weight is 260 g/mol. The van der Waals surface area contributed by atoms with E-state index in [1.165, 1.54) is 0 Å². The molecule has 1 atom stereocenters. The lowest BCUT2D eigenvalue weighted by atomic mass is 10.1. The summed E-state index contributed by atoms with van der Waals surface area (Å²) in [5.74, 6) is 2.69. The minimum atomic E-state index is -0.137. The Morgan fingerprint density at radius 2 is 2.00 bits per heavy atom. The summed E-state index contributed by atoms with van der Waals surface area (Å²) < 4.78 is 16.5. The van der Waals surface area contributed by atoms with E-state index in [1.54, 1.807) is 0 Å². The van der Waals surface area contributed by atoms with Gasteiger partial charge in [-0.05, 0) is 24.8 Å². The first-order chi connectivity index (χ1) is 9.38. The molecule has 1 aromatic carbocycles. The third-order valence-corrected chi connectivity index (χ3v) is 3.08. The highest BCUT2D eigenvalue weighted by Crippen LogP contribution is 2.14. The van der Waals surface area contributed by atoms with Crippen LogP contribution >= 0.6 is 0 Å². The lowest BCUT2D eigenvalue weighted by molar-refractivity contribution is -0.0499. The average Bonchev–Trinajstić information content (AvgIpc) is 2.97. The Balaban J connectivity index is 1.64. The smallest absolute Gasteiger partial charge is 0.157 e. The minimum absolute atomic E-state index is 0.0486. The molecule has 3 heteroatoms. The van der Waals surface area contributed by atoms with Gasteiger partial charge in [-0.2, -0.15) is 0 Å². The van der Waals surface area contributed by atoms with E-state index in [4.69, 9.17) is 20.6 Å². The van der Waals surface area contributed by atoms with Crippen molar-refractivity contribution in [2.45, 2.75) is 38.3 Å². The molecule has 0 saturated carbocycles. The Morgan fingerprint density at radius 1 is 1.26 bits per heavy atom. The fourth-order valence-corrected chi connectivity index (χ4v) is 2.03. The van der Waals surface area contributed by atoms with E-state index >= 15 is 0 Å². The Labute approximate surface area is 114 Å². The van der Waals surface area contributed by atoms with E-state index in [-0.39, 0.29) is 12.4 Å². The molecule has 0 aromatic heterocycles. The summed E-state index contributed by atoms with van der Waals surface area (Å²) in [6.45, 7) is 1.97. The van der Waals surface area contributed by atoms with Gasteiger partial charge in [0.25, 0.3) is 0 Å². The Hall–Kier alpha value is -1.34. The van der Waals surface area contributed by atoms with Crippen LogP contribution in [0.5, 0.6) is 0 Å². The summed E-state index contributed by atoms with van der Waals surface area (Å²) in [5, 5.41) is 0. The van der Waals surface area contributed by atoms with Crippen LogP contribution in [0.25, 0.3) is 0 Å². The molecule has 0 radical (unpaired) electrons. The standard InChI is InChI=1S/C16H20O3/c1-2-15(9-6-10-16-17-11-12-18-16)19-13-14-7-4-3-5-8-14/h1,3-5,7-8,15-16H,6,9-13H2. The number of ether oxygens (including phenoxy) is 3. The van der Waals surface area contributed by atoms with Gasteiger partial charge in [0.1, 0.15) is 6.10 Å². The number of benzene rings is 1. The molecule has 19 heavy (non-hydrogen) atoms. The third-order valence-electron chi connectivity index (χ3n) is 3.08. The monoisotopic (exact) mass is 260 g/mol.